The summed E-state index contributed by atoms with van der Waals surface area (Å²) in [5, 5.41) is 8.78. The topological polar surface area (TPSA) is 66.8 Å². The molecule has 1 N–H and O–H groups in total. The standard InChI is InChI=1S/C12H13NO4/c1-17-12(16)10-6-7-13(10)9-4-2-8(3-5-9)11(14)15/h2-5,10H,6-7H2,1H3,(H,14,15). The molecule has 0 saturated carbocycles. The average molecular weight is 235 g/mol. The number of aromatic carboxylic acids is 1. The van der Waals surface area contributed by atoms with Gasteiger partial charge in [-0.05, 0) is 30.7 Å². The zero-order chi connectivity index (χ0) is 12.4. The molecule has 90 valence electrons. The molecule has 1 aliphatic rings. The van der Waals surface area contributed by atoms with E-state index in [2.05, 4.69) is 0 Å². The van der Waals surface area contributed by atoms with Crippen LogP contribution < -0.4 is 4.90 Å². The van der Waals surface area contributed by atoms with Gasteiger partial charge in [-0.15, -0.1) is 0 Å². The van der Waals surface area contributed by atoms with E-state index in [0.29, 0.717) is 0 Å². The first-order valence-electron chi connectivity index (χ1n) is 5.31. The van der Waals surface area contributed by atoms with Crippen molar-refractivity contribution < 1.29 is 19.4 Å². The van der Waals surface area contributed by atoms with Crippen LogP contribution in [0.3, 0.4) is 0 Å². The lowest BCUT2D eigenvalue weighted by Gasteiger charge is -2.40. The van der Waals surface area contributed by atoms with Crippen molar-refractivity contribution in [2.75, 3.05) is 18.6 Å². The van der Waals surface area contributed by atoms with Crippen molar-refractivity contribution in [1.29, 1.82) is 0 Å². The summed E-state index contributed by atoms with van der Waals surface area (Å²) in [5.41, 5.74) is 1.08. The molecule has 1 aromatic carbocycles. The minimum absolute atomic E-state index is 0.240. The van der Waals surface area contributed by atoms with Crippen molar-refractivity contribution in [2.24, 2.45) is 0 Å². The number of esters is 1. The van der Waals surface area contributed by atoms with E-state index in [4.69, 9.17) is 9.84 Å². The van der Waals surface area contributed by atoms with Crippen LogP contribution >= 0.6 is 0 Å². The number of carboxylic acid groups (broad SMARTS) is 1. The molecule has 2 rings (SSSR count). The van der Waals surface area contributed by atoms with Crippen LogP contribution in [0.25, 0.3) is 0 Å². The summed E-state index contributed by atoms with van der Waals surface area (Å²) in [7, 11) is 1.37. The Morgan fingerprint density at radius 3 is 2.41 bits per heavy atom. The highest BCUT2D eigenvalue weighted by Crippen LogP contribution is 2.27. The third-order valence-corrected chi connectivity index (χ3v) is 2.94. The van der Waals surface area contributed by atoms with Gasteiger partial charge in [0.25, 0.3) is 0 Å². The normalized spacial score (nSPS) is 18.4. The van der Waals surface area contributed by atoms with Gasteiger partial charge in [-0.25, -0.2) is 9.59 Å². The highest BCUT2D eigenvalue weighted by atomic mass is 16.5. The summed E-state index contributed by atoms with van der Waals surface area (Å²) >= 11 is 0. The number of carbonyl (C=O) groups excluding carboxylic acids is 1. The van der Waals surface area contributed by atoms with E-state index in [1.807, 2.05) is 4.90 Å². The molecule has 0 amide bonds. The number of carbonyl (C=O) groups is 2. The molecule has 0 aliphatic carbocycles. The maximum Gasteiger partial charge on any atom is 0.335 e. The first-order chi connectivity index (χ1) is 8.13. The fraction of sp³-hybridized carbons (Fsp3) is 0.333. The molecule has 0 bridgehead atoms. The zero-order valence-electron chi connectivity index (χ0n) is 9.42. The van der Waals surface area contributed by atoms with Gasteiger partial charge < -0.3 is 14.7 Å². The highest BCUT2D eigenvalue weighted by Gasteiger charge is 2.35. The Morgan fingerprint density at radius 2 is 2.00 bits per heavy atom. The number of anilines is 1. The van der Waals surface area contributed by atoms with Crippen LogP contribution in [0.15, 0.2) is 24.3 Å². The molecule has 5 nitrogen and oxygen atoms in total. The van der Waals surface area contributed by atoms with Gasteiger partial charge in [-0.3, -0.25) is 0 Å². The predicted molar refractivity (Wildman–Crippen MR) is 61.2 cm³/mol. The Labute approximate surface area is 98.6 Å². The van der Waals surface area contributed by atoms with E-state index in [0.717, 1.165) is 18.7 Å². The number of ether oxygens (including phenoxy) is 1. The van der Waals surface area contributed by atoms with Gasteiger partial charge in [-0.1, -0.05) is 0 Å². The molecule has 0 aromatic heterocycles. The predicted octanol–water partition coefficient (Wildman–Crippen LogP) is 1.14. The lowest BCUT2D eigenvalue weighted by Crippen LogP contribution is -2.53. The quantitative estimate of drug-likeness (QED) is 0.796. The van der Waals surface area contributed by atoms with E-state index in [9.17, 15) is 9.59 Å². The third-order valence-electron chi connectivity index (χ3n) is 2.94. The summed E-state index contributed by atoms with van der Waals surface area (Å²) in [6.07, 6.45) is 0.771. The SMILES string of the molecule is COC(=O)C1CCN1c1ccc(C(=O)O)cc1. The lowest BCUT2D eigenvalue weighted by molar-refractivity contribution is -0.143. The van der Waals surface area contributed by atoms with Gasteiger partial charge in [0, 0.05) is 12.2 Å². The van der Waals surface area contributed by atoms with Crippen LogP contribution in [0.2, 0.25) is 0 Å². The van der Waals surface area contributed by atoms with Crippen LogP contribution in [0.4, 0.5) is 5.69 Å². The van der Waals surface area contributed by atoms with Gasteiger partial charge in [0.05, 0.1) is 12.7 Å². The number of hydrogen-bond donors (Lipinski definition) is 1. The lowest BCUT2D eigenvalue weighted by atomic mass is 10.0. The Kier molecular flexibility index (Phi) is 2.99. The van der Waals surface area contributed by atoms with E-state index in [-0.39, 0.29) is 17.6 Å². The Morgan fingerprint density at radius 1 is 1.35 bits per heavy atom. The van der Waals surface area contributed by atoms with Crippen molar-refractivity contribution in [3.05, 3.63) is 29.8 Å². The van der Waals surface area contributed by atoms with Crippen LogP contribution in [0.1, 0.15) is 16.8 Å². The molecule has 5 heteroatoms. The number of carboxylic acids is 1. The Hall–Kier alpha value is -2.04. The molecule has 1 aromatic rings. The summed E-state index contributed by atoms with van der Waals surface area (Å²) in [5.74, 6) is -1.21. The molecule has 1 atom stereocenters. The van der Waals surface area contributed by atoms with Gasteiger partial charge in [0.15, 0.2) is 0 Å². The summed E-state index contributed by atoms with van der Waals surface area (Å²) < 4.78 is 4.69. The third kappa shape index (κ3) is 2.08. The van der Waals surface area contributed by atoms with Gasteiger partial charge in [0.1, 0.15) is 6.04 Å². The van der Waals surface area contributed by atoms with Crippen LogP contribution in [0.5, 0.6) is 0 Å². The van der Waals surface area contributed by atoms with Crippen molar-refractivity contribution in [3.63, 3.8) is 0 Å². The monoisotopic (exact) mass is 235 g/mol. The highest BCUT2D eigenvalue weighted by molar-refractivity contribution is 5.88. The number of methoxy groups -OCH3 is 1. The Bertz CT molecular complexity index is 440. The second kappa shape index (κ2) is 4.45. The number of nitrogens with zero attached hydrogens (tertiary/aromatic N) is 1. The largest absolute Gasteiger partial charge is 0.478 e. The molecule has 0 radical (unpaired) electrons. The zero-order valence-corrected chi connectivity index (χ0v) is 9.42. The van der Waals surface area contributed by atoms with E-state index in [1.54, 1.807) is 12.1 Å². The number of hydrogen-bond acceptors (Lipinski definition) is 4. The number of rotatable bonds is 3. The number of benzene rings is 1. The molecule has 1 aliphatic heterocycles. The molecule has 1 heterocycles. The smallest absolute Gasteiger partial charge is 0.335 e. The van der Waals surface area contributed by atoms with Crippen molar-refractivity contribution in [2.45, 2.75) is 12.5 Å². The van der Waals surface area contributed by atoms with Crippen molar-refractivity contribution >= 4 is 17.6 Å². The van der Waals surface area contributed by atoms with E-state index in [1.165, 1.54) is 19.2 Å². The molecule has 1 unspecified atom stereocenters. The van der Waals surface area contributed by atoms with E-state index >= 15 is 0 Å². The summed E-state index contributed by atoms with van der Waals surface area (Å²) in [6.45, 7) is 0.784. The molecular weight excluding hydrogens is 222 g/mol. The first kappa shape index (κ1) is 11.4. The van der Waals surface area contributed by atoms with Crippen LogP contribution in [-0.4, -0.2) is 36.7 Å². The van der Waals surface area contributed by atoms with Gasteiger partial charge in [0.2, 0.25) is 0 Å². The molecule has 17 heavy (non-hydrogen) atoms. The van der Waals surface area contributed by atoms with Crippen molar-refractivity contribution in [1.82, 2.24) is 0 Å². The fourth-order valence-electron chi connectivity index (χ4n) is 1.87. The summed E-state index contributed by atoms with van der Waals surface area (Å²) in [6, 6.07) is 6.24. The first-order valence-corrected chi connectivity index (χ1v) is 5.31. The maximum absolute atomic E-state index is 11.4. The summed E-state index contributed by atoms with van der Waals surface area (Å²) in [4.78, 5) is 24.0. The van der Waals surface area contributed by atoms with Crippen LogP contribution in [-0.2, 0) is 9.53 Å². The molecular formula is C12H13NO4. The average Bonchev–Trinajstić information content (AvgIpc) is 2.28. The minimum atomic E-state index is -0.954. The van der Waals surface area contributed by atoms with Crippen molar-refractivity contribution in [3.8, 4) is 0 Å². The van der Waals surface area contributed by atoms with Gasteiger partial charge >= 0.3 is 11.9 Å². The van der Waals surface area contributed by atoms with Crippen LogP contribution in [0, 0.1) is 0 Å². The molecule has 0 spiro atoms. The van der Waals surface area contributed by atoms with E-state index < -0.39 is 5.97 Å². The minimum Gasteiger partial charge on any atom is -0.478 e. The fourth-order valence-corrected chi connectivity index (χ4v) is 1.87. The maximum atomic E-state index is 11.4. The second-order valence-electron chi connectivity index (χ2n) is 3.87. The van der Waals surface area contributed by atoms with Gasteiger partial charge in [-0.2, -0.15) is 0 Å². The molecule has 1 saturated heterocycles. The molecule has 1 fully saturated rings. The second-order valence-corrected chi connectivity index (χ2v) is 3.87. The Balaban J connectivity index is 2.13.